The fourth-order valence-electron chi connectivity index (χ4n) is 4.11. The van der Waals surface area contributed by atoms with Gasteiger partial charge in [0.25, 0.3) is 0 Å². The Kier molecular flexibility index (Phi) is 21.0. The van der Waals surface area contributed by atoms with Crippen LogP contribution in [0, 0.1) is 0 Å². The van der Waals surface area contributed by atoms with Crippen LogP contribution >= 0.6 is 0 Å². The minimum Gasteiger partial charge on any atom is -0.481 e. The Labute approximate surface area is 279 Å². The Balaban J connectivity index is 5.37. The quantitative estimate of drug-likeness (QED) is 0.0440. The molecule has 0 saturated heterocycles. The molecule has 19 heteroatoms. The van der Waals surface area contributed by atoms with Crippen molar-refractivity contribution in [1.82, 2.24) is 31.9 Å². The lowest BCUT2D eigenvalue weighted by Crippen LogP contribution is -2.58. The fourth-order valence-corrected chi connectivity index (χ4v) is 4.11. The predicted molar refractivity (Wildman–Crippen MR) is 173 cm³/mol. The number of unbranched alkanes of at least 4 members (excludes halogenated alkanes) is 2. The van der Waals surface area contributed by atoms with Crippen LogP contribution < -0.4 is 49.1 Å². The second-order valence-corrected chi connectivity index (χ2v) is 11.5. The van der Waals surface area contributed by atoms with Crippen LogP contribution in [0.5, 0.6) is 0 Å². The Morgan fingerprint density at radius 2 is 0.854 bits per heavy atom. The largest absolute Gasteiger partial charge is 0.481 e. The Morgan fingerprint density at radius 1 is 0.500 bits per heavy atom. The molecule has 0 radical (unpaired) electrons. The fraction of sp³-hybridized carbons (Fsp3) is 0.724. The molecular weight excluding hydrogens is 634 g/mol. The number of carbonyl (C=O) groups is 8. The van der Waals surface area contributed by atoms with Crippen LogP contribution in [0.15, 0.2) is 0 Å². The molecule has 6 amide bonds. The summed E-state index contributed by atoms with van der Waals surface area (Å²) in [6, 6.07) is -8.21. The first-order valence-electron chi connectivity index (χ1n) is 15.9. The van der Waals surface area contributed by atoms with Gasteiger partial charge < -0.3 is 59.3 Å². The first-order valence-corrected chi connectivity index (χ1v) is 15.9. The maximum absolute atomic E-state index is 13.1. The van der Waals surface area contributed by atoms with Crippen LogP contribution in [0.4, 0.5) is 0 Å². The molecule has 274 valence electrons. The second-order valence-electron chi connectivity index (χ2n) is 11.5. The van der Waals surface area contributed by atoms with E-state index in [1.807, 2.05) is 0 Å². The summed E-state index contributed by atoms with van der Waals surface area (Å²) in [5.41, 5.74) is 16.5. The number of aliphatic carboxylic acids is 2. The minimum atomic E-state index is -1.40. The number of hydrogen-bond donors (Lipinski definition) is 11. The third-order valence-electron chi connectivity index (χ3n) is 7.09. The summed E-state index contributed by atoms with van der Waals surface area (Å²) in [6.07, 6.45) is 1.53. The third-order valence-corrected chi connectivity index (χ3v) is 7.09. The minimum absolute atomic E-state index is 0.148. The molecule has 48 heavy (non-hydrogen) atoms. The van der Waals surface area contributed by atoms with Crippen LogP contribution in [-0.2, 0) is 38.4 Å². The van der Waals surface area contributed by atoms with Crippen molar-refractivity contribution in [2.24, 2.45) is 17.2 Å². The molecule has 14 N–H and O–H groups in total. The van der Waals surface area contributed by atoms with Gasteiger partial charge in [-0.3, -0.25) is 33.6 Å². The molecule has 0 bridgehead atoms. The van der Waals surface area contributed by atoms with Gasteiger partial charge in [-0.25, -0.2) is 4.79 Å². The maximum Gasteiger partial charge on any atom is 0.326 e. The van der Waals surface area contributed by atoms with Crippen LogP contribution in [0.3, 0.4) is 0 Å². The smallest absolute Gasteiger partial charge is 0.326 e. The monoisotopic (exact) mass is 687 g/mol. The molecular formula is C29H53N9O10. The summed E-state index contributed by atoms with van der Waals surface area (Å²) in [5.74, 6) is -7.11. The van der Waals surface area contributed by atoms with E-state index in [-0.39, 0.29) is 19.3 Å². The Morgan fingerprint density at radius 3 is 1.27 bits per heavy atom. The molecule has 0 aromatic rings. The molecule has 0 fully saturated rings. The molecule has 0 saturated carbocycles. The van der Waals surface area contributed by atoms with E-state index in [4.69, 9.17) is 22.3 Å². The summed E-state index contributed by atoms with van der Waals surface area (Å²) in [6.45, 7) is 6.07. The Bertz CT molecular complexity index is 1120. The molecule has 0 aromatic heterocycles. The highest BCUT2D eigenvalue weighted by Crippen LogP contribution is 2.06. The van der Waals surface area contributed by atoms with E-state index in [0.29, 0.717) is 38.8 Å². The van der Waals surface area contributed by atoms with Crippen molar-refractivity contribution in [2.45, 2.75) is 121 Å². The highest BCUT2D eigenvalue weighted by molar-refractivity contribution is 5.96. The standard InChI is InChI=1S/C29H53N9O10/c1-15(32)23(41)36-19(9-5-7-13-30)28(46)37-20(11-12-22(39)40)27(45)35-17(3)25(43)33-16(2)24(42)34-18(4)26(44)38-21(29(47)48)10-6-8-14-31/h15-21H,5-14,30-32H2,1-4H3,(H,33,43)(H,34,42)(H,35,45)(H,36,41)(H,37,46)(H,38,44)(H,39,40)(H,47,48)/t15-,16-,17-,18-,19-,20-,21-/m0/s1. The van der Waals surface area contributed by atoms with Gasteiger partial charge in [-0.15, -0.1) is 0 Å². The number of nitrogens with one attached hydrogen (secondary N) is 6. The second kappa shape index (κ2) is 23.0. The lowest BCUT2D eigenvalue weighted by molar-refractivity contribution is -0.142. The van der Waals surface area contributed by atoms with Gasteiger partial charge in [-0.1, -0.05) is 0 Å². The average Bonchev–Trinajstić information content (AvgIpc) is 3.01. The highest BCUT2D eigenvalue weighted by Gasteiger charge is 2.30. The number of carbonyl (C=O) groups excluding carboxylic acids is 6. The summed E-state index contributed by atoms with van der Waals surface area (Å²) in [7, 11) is 0. The summed E-state index contributed by atoms with van der Waals surface area (Å²) < 4.78 is 0. The van der Waals surface area contributed by atoms with Crippen molar-refractivity contribution in [1.29, 1.82) is 0 Å². The van der Waals surface area contributed by atoms with E-state index in [9.17, 15) is 43.5 Å². The van der Waals surface area contributed by atoms with Crippen LogP contribution in [0.2, 0.25) is 0 Å². The number of hydrogen-bond acceptors (Lipinski definition) is 11. The van der Waals surface area contributed by atoms with E-state index in [0.717, 1.165) is 0 Å². The third kappa shape index (κ3) is 17.5. The lowest BCUT2D eigenvalue weighted by atomic mass is 10.1. The van der Waals surface area contributed by atoms with E-state index < -0.39 is 96.1 Å². The lowest BCUT2D eigenvalue weighted by Gasteiger charge is -2.25. The number of carboxylic acids is 2. The number of carboxylic acid groups (broad SMARTS) is 2. The molecule has 0 heterocycles. The molecule has 0 spiro atoms. The zero-order valence-corrected chi connectivity index (χ0v) is 28.0. The summed E-state index contributed by atoms with van der Waals surface area (Å²) >= 11 is 0. The van der Waals surface area contributed by atoms with Crippen LogP contribution in [0.25, 0.3) is 0 Å². The molecule has 0 unspecified atom stereocenters. The van der Waals surface area contributed by atoms with Crippen LogP contribution in [-0.4, -0.2) is 113 Å². The van der Waals surface area contributed by atoms with Crippen molar-refractivity contribution in [2.75, 3.05) is 13.1 Å². The number of amides is 6. The summed E-state index contributed by atoms with van der Waals surface area (Å²) in [4.78, 5) is 98.9. The Hall–Kier alpha value is -4.36. The first kappa shape index (κ1) is 43.6. The van der Waals surface area contributed by atoms with Gasteiger partial charge in [0.2, 0.25) is 35.4 Å². The molecule has 7 atom stereocenters. The van der Waals surface area contributed by atoms with Gasteiger partial charge in [0.1, 0.15) is 36.3 Å². The molecule has 0 aliphatic rings. The highest BCUT2D eigenvalue weighted by atomic mass is 16.4. The normalized spacial score (nSPS) is 15.2. The van der Waals surface area contributed by atoms with Crippen molar-refractivity contribution < 1.29 is 48.6 Å². The van der Waals surface area contributed by atoms with Gasteiger partial charge in [0.05, 0.1) is 6.04 Å². The van der Waals surface area contributed by atoms with Crippen molar-refractivity contribution in [3.05, 3.63) is 0 Å². The van der Waals surface area contributed by atoms with Crippen molar-refractivity contribution in [3.8, 4) is 0 Å². The maximum atomic E-state index is 13.1. The van der Waals surface area contributed by atoms with Crippen LogP contribution in [0.1, 0.15) is 79.1 Å². The van der Waals surface area contributed by atoms with Gasteiger partial charge in [-0.05, 0) is 85.7 Å². The van der Waals surface area contributed by atoms with E-state index in [2.05, 4.69) is 31.9 Å². The molecule has 0 aromatic carbocycles. The molecule has 0 rings (SSSR count). The van der Waals surface area contributed by atoms with Gasteiger partial charge in [0.15, 0.2) is 0 Å². The number of rotatable bonds is 24. The van der Waals surface area contributed by atoms with E-state index in [1.54, 1.807) is 0 Å². The van der Waals surface area contributed by atoms with E-state index >= 15 is 0 Å². The van der Waals surface area contributed by atoms with Crippen molar-refractivity contribution >= 4 is 47.4 Å². The zero-order valence-electron chi connectivity index (χ0n) is 28.0. The summed E-state index contributed by atoms with van der Waals surface area (Å²) in [5, 5.41) is 32.9. The first-order chi connectivity index (χ1) is 22.4. The average molecular weight is 688 g/mol. The molecule has 19 nitrogen and oxygen atoms in total. The molecule has 0 aliphatic carbocycles. The van der Waals surface area contributed by atoms with Gasteiger partial charge >= 0.3 is 11.9 Å². The number of nitrogens with two attached hydrogens (primary N) is 3. The molecule has 0 aliphatic heterocycles. The SMILES string of the molecule is C[C@H](N)C(=O)N[C@@H](CCCCN)C(=O)N[C@@H](CCC(=O)O)C(=O)N[C@@H](C)C(=O)N[C@@H](C)C(=O)N[C@@H](C)C(=O)N[C@@H](CCCCN)C(=O)O. The topological polar surface area (TPSA) is 327 Å². The van der Waals surface area contributed by atoms with Gasteiger partial charge in [0, 0.05) is 6.42 Å². The van der Waals surface area contributed by atoms with Crippen molar-refractivity contribution in [3.63, 3.8) is 0 Å². The van der Waals surface area contributed by atoms with E-state index in [1.165, 1.54) is 27.7 Å². The predicted octanol–water partition coefficient (Wildman–Crippen LogP) is -3.49. The van der Waals surface area contributed by atoms with Gasteiger partial charge in [-0.2, -0.15) is 0 Å². The zero-order chi connectivity index (χ0) is 37.0.